The Hall–Kier alpha value is -2.79. The van der Waals surface area contributed by atoms with Gasteiger partial charge in [0.25, 0.3) is 0 Å². The van der Waals surface area contributed by atoms with E-state index in [-0.39, 0.29) is 17.2 Å². The van der Waals surface area contributed by atoms with Crippen molar-refractivity contribution in [1.82, 2.24) is 0 Å². The number of ketones is 1. The molecular formula is C19H10ClF6NO. The molecular weight excluding hydrogens is 408 g/mol. The Morgan fingerprint density at radius 3 is 1.75 bits per heavy atom. The van der Waals surface area contributed by atoms with Crippen molar-refractivity contribution in [3.8, 4) is 6.07 Å². The summed E-state index contributed by atoms with van der Waals surface area (Å²) in [4.78, 5) is 12.5. The average Bonchev–Trinajstić information content (AvgIpc) is 2.60. The molecule has 0 amide bonds. The van der Waals surface area contributed by atoms with Crippen LogP contribution in [0.25, 0.3) is 5.57 Å². The number of allylic oxidation sites excluding steroid dienone is 2. The molecule has 28 heavy (non-hydrogen) atoms. The highest BCUT2D eigenvalue weighted by Crippen LogP contribution is 2.38. The number of nitrogens with zero attached hydrogens (tertiary/aromatic N) is 1. The molecule has 0 fully saturated rings. The van der Waals surface area contributed by atoms with Crippen LogP contribution in [0.2, 0.25) is 5.02 Å². The Balaban J connectivity index is 2.67. The van der Waals surface area contributed by atoms with Gasteiger partial charge in [0, 0.05) is 10.6 Å². The minimum atomic E-state index is -5.04. The molecule has 0 heterocycles. The summed E-state index contributed by atoms with van der Waals surface area (Å²) < 4.78 is 78.1. The molecule has 2 aromatic carbocycles. The van der Waals surface area contributed by atoms with Gasteiger partial charge in [-0.3, -0.25) is 4.79 Å². The molecule has 0 atom stereocenters. The zero-order chi connectivity index (χ0) is 21.3. The second-order valence-electron chi connectivity index (χ2n) is 5.74. The molecule has 0 aliphatic heterocycles. The van der Waals surface area contributed by atoms with Gasteiger partial charge in [-0.25, -0.2) is 0 Å². The monoisotopic (exact) mass is 417 g/mol. The summed E-state index contributed by atoms with van der Waals surface area (Å²) in [6, 6.07) is 7.80. The Bertz CT molecular complexity index is 949. The first-order chi connectivity index (χ1) is 12.8. The van der Waals surface area contributed by atoms with Crippen LogP contribution < -0.4 is 0 Å². The summed E-state index contributed by atoms with van der Waals surface area (Å²) in [6.45, 7) is 1.11. The van der Waals surface area contributed by atoms with Gasteiger partial charge in [-0.05, 0) is 60.5 Å². The number of rotatable bonds is 3. The van der Waals surface area contributed by atoms with Crippen LogP contribution in [0.5, 0.6) is 0 Å². The van der Waals surface area contributed by atoms with Gasteiger partial charge in [-0.2, -0.15) is 31.6 Å². The van der Waals surface area contributed by atoms with Crippen LogP contribution in [0.15, 0.2) is 48.0 Å². The molecule has 0 unspecified atom stereocenters. The van der Waals surface area contributed by atoms with Crippen molar-refractivity contribution in [2.24, 2.45) is 0 Å². The number of carbonyl (C=O) groups is 1. The maximum absolute atomic E-state index is 13.0. The Morgan fingerprint density at radius 2 is 1.36 bits per heavy atom. The molecule has 2 aromatic rings. The number of halogens is 7. The first kappa shape index (κ1) is 21.5. The Morgan fingerprint density at radius 1 is 0.893 bits per heavy atom. The van der Waals surface area contributed by atoms with E-state index >= 15 is 0 Å². The normalized spacial score (nSPS) is 13.0. The van der Waals surface area contributed by atoms with Crippen molar-refractivity contribution < 1.29 is 31.1 Å². The van der Waals surface area contributed by atoms with E-state index in [4.69, 9.17) is 11.6 Å². The van der Waals surface area contributed by atoms with E-state index in [0.717, 1.165) is 6.92 Å². The number of carbonyl (C=O) groups excluding carboxylic acids is 1. The van der Waals surface area contributed by atoms with Crippen LogP contribution in [-0.2, 0) is 12.4 Å². The Labute approximate surface area is 160 Å². The lowest BCUT2D eigenvalue weighted by Gasteiger charge is -2.15. The molecule has 0 aliphatic carbocycles. The summed E-state index contributed by atoms with van der Waals surface area (Å²) in [6.07, 6.45) is -10.1. The van der Waals surface area contributed by atoms with Gasteiger partial charge >= 0.3 is 12.4 Å². The van der Waals surface area contributed by atoms with E-state index in [0.29, 0.717) is 17.2 Å². The summed E-state index contributed by atoms with van der Waals surface area (Å²) in [5, 5.41) is 9.61. The first-order valence-corrected chi connectivity index (χ1v) is 7.93. The van der Waals surface area contributed by atoms with Gasteiger partial charge in [-0.1, -0.05) is 11.6 Å². The van der Waals surface area contributed by atoms with Gasteiger partial charge in [0.05, 0.1) is 11.1 Å². The van der Waals surface area contributed by atoms with Crippen LogP contribution in [0.3, 0.4) is 0 Å². The van der Waals surface area contributed by atoms with Gasteiger partial charge in [0.2, 0.25) is 5.78 Å². The number of alkyl halides is 6. The number of nitriles is 1. The SMILES string of the molecule is C/C(=C(\C#N)C(=O)c1ccc(Cl)cc1)c1cc(C(F)(F)F)cc(C(F)(F)F)c1. The van der Waals surface area contributed by atoms with E-state index in [2.05, 4.69) is 0 Å². The minimum Gasteiger partial charge on any atom is -0.288 e. The maximum atomic E-state index is 13.0. The lowest BCUT2D eigenvalue weighted by Crippen LogP contribution is -2.12. The summed E-state index contributed by atoms with van der Waals surface area (Å²) in [7, 11) is 0. The highest BCUT2D eigenvalue weighted by atomic mass is 35.5. The molecule has 0 N–H and O–H groups in total. The third kappa shape index (κ3) is 4.73. The van der Waals surface area contributed by atoms with Crippen LogP contribution in [0.1, 0.15) is 34.0 Å². The molecule has 0 saturated heterocycles. The van der Waals surface area contributed by atoms with E-state index in [1.54, 1.807) is 6.07 Å². The fourth-order valence-corrected chi connectivity index (χ4v) is 2.49. The number of hydrogen-bond donors (Lipinski definition) is 0. The molecule has 2 nitrogen and oxygen atoms in total. The third-order valence-corrected chi connectivity index (χ3v) is 4.09. The largest absolute Gasteiger partial charge is 0.416 e. The lowest BCUT2D eigenvalue weighted by atomic mass is 9.93. The van der Waals surface area contributed by atoms with Gasteiger partial charge < -0.3 is 0 Å². The smallest absolute Gasteiger partial charge is 0.288 e. The number of hydrogen-bond acceptors (Lipinski definition) is 2. The zero-order valence-corrected chi connectivity index (χ0v) is 14.8. The minimum absolute atomic E-state index is 0.0170. The highest BCUT2D eigenvalue weighted by molar-refractivity contribution is 6.30. The fourth-order valence-electron chi connectivity index (χ4n) is 2.37. The van der Waals surface area contributed by atoms with E-state index in [1.165, 1.54) is 24.3 Å². The third-order valence-electron chi connectivity index (χ3n) is 3.84. The fraction of sp³-hybridized carbons (Fsp3) is 0.158. The Kier molecular flexibility index (Phi) is 5.90. The molecule has 9 heteroatoms. The highest BCUT2D eigenvalue weighted by Gasteiger charge is 2.37. The maximum Gasteiger partial charge on any atom is 0.416 e. The summed E-state index contributed by atoms with van der Waals surface area (Å²) in [5.74, 6) is -0.845. The molecule has 0 saturated carbocycles. The average molecular weight is 418 g/mol. The molecule has 0 radical (unpaired) electrons. The van der Waals surface area contributed by atoms with E-state index in [1.807, 2.05) is 0 Å². The van der Waals surface area contributed by atoms with E-state index in [9.17, 15) is 36.4 Å². The van der Waals surface area contributed by atoms with Gasteiger partial charge in [0.1, 0.15) is 11.6 Å². The molecule has 0 aromatic heterocycles. The van der Waals surface area contributed by atoms with Crippen molar-refractivity contribution in [3.05, 3.63) is 75.3 Å². The predicted octanol–water partition coefficient (Wildman–Crippen LogP) is 6.56. The quantitative estimate of drug-likeness (QED) is 0.246. The van der Waals surface area contributed by atoms with Crippen molar-refractivity contribution in [3.63, 3.8) is 0 Å². The summed E-state index contributed by atoms with van der Waals surface area (Å²) in [5.41, 5.74) is -4.46. The summed E-state index contributed by atoms with van der Waals surface area (Å²) >= 11 is 5.71. The standard InChI is InChI=1S/C19H10ClF6NO/c1-10(16(9-27)17(28)11-2-4-15(20)5-3-11)12-6-13(18(21,22)23)8-14(7-12)19(24,25)26/h2-8H,1H3/b16-10-. The molecule has 0 spiro atoms. The molecule has 146 valence electrons. The van der Waals surface area contributed by atoms with Gasteiger partial charge in [0.15, 0.2) is 0 Å². The molecule has 2 rings (SSSR count). The second-order valence-corrected chi connectivity index (χ2v) is 6.18. The lowest BCUT2D eigenvalue weighted by molar-refractivity contribution is -0.143. The van der Waals surface area contributed by atoms with Crippen LogP contribution in [0.4, 0.5) is 26.3 Å². The van der Waals surface area contributed by atoms with Crippen molar-refractivity contribution >= 4 is 23.0 Å². The second kappa shape index (κ2) is 7.68. The zero-order valence-electron chi connectivity index (χ0n) is 14.0. The van der Waals surface area contributed by atoms with E-state index < -0.39 is 40.4 Å². The molecule has 0 bridgehead atoms. The first-order valence-electron chi connectivity index (χ1n) is 7.55. The number of benzene rings is 2. The predicted molar refractivity (Wildman–Crippen MR) is 90.4 cm³/mol. The van der Waals surface area contributed by atoms with Gasteiger partial charge in [-0.15, -0.1) is 0 Å². The van der Waals surface area contributed by atoms with Crippen LogP contribution >= 0.6 is 11.6 Å². The van der Waals surface area contributed by atoms with Crippen molar-refractivity contribution in [2.75, 3.05) is 0 Å². The molecule has 0 aliphatic rings. The van der Waals surface area contributed by atoms with Crippen molar-refractivity contribution in [2.45, 2.75) is 19.3 Å². The van der Waals surface area contributed by atoms with Crippen LogP contribution in [-0.4, -0.2) is 5.78 Å². The number of Topliss-reactive ketones (excluding diaryl/α,β-unsaturated/α-hetero) is 1. The van der Waals surface area contributed by atoms with Crippen molar-refractivity contribution in [1.29, 1.82) is 5.26 Å². The van der Waals surface area contributed by atoms with Crippen LogP contribution in [0, 0.1) is 11.3 Å². The topological polar surface area (TPSA) is 40.9 Å².